The van der Waals surface area contributed by atoms with Gasteiger partial charge in [0, 0.05) is 18.3 Å². The highest BCUT2D eigenvalue weighted by molar-refractivity contribution is 5.92. The largest absolute Gasteiger partial charge is 0.377 e. The molecule has 1 heterocycles. The molecule has 4 heteroatoms. The topological polar surface area (TPSA) is 50.4 Å². The van der Waals surface area contributed by atoms with E-state index >= 15 is 0 Å². The van der Waals surface area contributed by atoms with Gasteiger partial charge in [0.05, 0.1) is 12.6 Å². The first-order chi connectivity index (χ1) is 8.65. The molecule has 1 aliphatic heterocycles. The van der Waals surface area contributed by atoms with E-state index in [4.69, 9.17) is 4.74 Å². The van der Waals surface area contributed by atoms with Crippen molar-refractivity contribution in [1.29, 1.82) is 0 Å². The highest BCUT2D eigenvalue weighted by Crippen LogP contribution is 2.12. The van der Waals surface area contributed by atoms with Crippen LogP contribution in [0.15, 0.2) is 24.3 Å². The van der Waals surface area contributed by atoms with Crippen LogP contribution < -0.4 is 10.6 Å². The summed E-state index contributed by atoms with van der Waals surface area (Å²) >= 11 is 0. The maximum atomic E-state index is 11.7. The lowest BCUT2D eigenvalue weighted by molar-refractivity contribution is -0.115. The van der Waals surface area contributed by atoms with Crippen LogP contribution in [0.4, 0.5) is 5.69 Å². The Hall–Kier alpha value is -1.39. The van der Waals surface area contributed by atoms with E-state index in [1.807, 2.05) is 38.1 Å². The second kappa shape index (κ2) is 5.98. The predicted molar refractivity (Wildman–Crippen MR) is 71.6 cm³/mol. The van der Waals surface area contributed by atoms with Crippen LogP contribution in [-0.2, 0) is 9.53 Å². The van der Waals surface area contributed by atoms with Gasteiger partial charge in [0.15, 0.2) is 0 Å². The van der Waals surface area contributed by atoms with Crippen LogP contribution in [0.3, 0.4) is 0 Å². The van der Waals surface area contributed by atoms with Crippen molar-refractivity contribution in [3.63, 3.8) is 0 Å². The number of hydrogen-bond donors (Lipinski definition) is 2. The summed E-state index contributed by atoms with van der Waals surface area (Å²) in [6, 6.07) is 8.07. The van der Waals surface area contributed by atoms with E-state index in [9.17, 15) is 4.79 Å². The van der Waals surface area contributed by atoms with Crippen molar-refractivity contribution in [1.82, 2.24) is 5.32 Å². The average Bonchev–Trinajstić information content (AvgIpc) is 2.75. The molecule has 1 aromatic carbocycles. The Kier molecular flexibility index (Phi) is 4.33. The van der Waals surface area contributed by atoms with Crippen molar-refractivity contribution in [3.8, 4) is 0 Å². The molecule has 0 spiro atoms. The number of aryl methyl sites for hydroxylation is 1. The monoisotopic (exact) mass is 248 g/mol. The van der Waals surface area contributed by atoms with Crippen molar-refractivity contribution in [2.75, 3.05) is 18.5 Å². The van der Waals surface area contributed by atoms with Gasteiger partial charge in [-0.1, -0.05) is 17.7 Å². The fourth-order valence-corrected chi connectivity index (χ4v) is 2.07. The third kappa shape index (κ3) is 3.55. The summed E-state index contributed by atoms with van der Waals surface area (Å²) in [5.74, 6) is -0.0158. The Morgan fingerprint density at radius 2 is 2.11 bits per heavy atom. The van der Waals surface area contributed by atoms with E-state index in [0.29, 0.717) is 6.54 Å². The molecule has 98 valence electrons. The summed E-state index contributed by atoms with van der Waals surface area (Å²) in [7, 11) is 0. The van der Waals surface area contributed by atoms with Gasteiger partial charge in [0.1, 0.15) is 0 Å². The molecule has 1 aliphatic rings. The van der Waals surface area contributed by atoms with Gasteiger partial charge in [0.2, 0.25) is 5.91 Å². The van der Waals surface area contributed by atoms with Gasteiger partial charge in [-0.2, -0.15) is 0 Å². The van der Waals surface area contributed by atoms with Crippen LogP contribution in [0.2, 0.25) is 0 Å². The van der Waals surface area contributed by atoms with Crippen molar-refractivity contribution < 1.29 is 9.53 Å². The molecule has 0 aliphatic carbocycles. The first-order valence-electron chi connectivity index (χ1n) is 6.36. The molecule has 2 rings (SSSR count). The number of benzene rings is 1. The molecule has 2 atom stereocenters. The van der Waals surface area contributed by atoms with Crippen LogP contribution in [0, 0.1) is 6.92 Å². The molecule has 18 heavy (non-hydrogen) atoms. The zero-order valence-corrected chi connectivity index (χ0v) is 10.9. The number of amides is 1. The zero-order chi connectivity index (χ0) is 13.0. The number of hydrogen-bond acceptors (Lipinski definition) is 3. The molecule has 0 radical (unpaired) electrons. The maximum Gasteiger partial charge on any atom is 0.238 e. The highest BCUT2D eigenvalue weighted by Gasteiger charge is 2.23. The Morgan fingerprint density at radius 3 is 2.72 bits per heavy atom. The number of anilines is 1. The molecule has 2 N–H and O–H groups in total. The first kappa shape index (κ1) is 13.1. The Balaban J connectivity index is 1.76. The summed E-state index contributed by atoms with van der Waals surface area (Å²) in [5, 5.41) is 6.09. The van der Waals surface area contributed by atoms with E-state index in [-0.39, 0.29) is 18.1 Å². The molecule has 1 fully saturated rings. The van der Waals surface area contributed by atoms with E-state index < -0.39 is 0 Å². The molecule has 1 saturated heterocycles. The second-order valence-electron chi connectivity index (χ2n) is 4.77. The minimum Gasteiger partial charge on any atom is -0.377 e. The lowest BCUT2D eigenvalue weighted by Crippen LogP contribution is -2.39. The first-order valence-corrected chi connectivity index (χ1v) is 6.36. The quantitative estimate of drug-likeness (QED) is 0.852. The molecule has 1 aromatic rings. The van der Waals surface area contributed by atoms with Gasteiger partial charge in [0.25, 0.3) is 0 Å². The van der Waals surface area contributed by atoms with E-state index in [1.165, 1.54) is 5.56 Å². The summed E-state index contributed by atoms with van der Waals surface area (Å²) in [6.45, 7) is 5.15. The molecule has 2 unspecified atom stereocenters. The van der Waals surface area contributed by atoms with Crippen LogP contribution in [0.1, 0.15) is 18.9 Å². The maximum absolute atomic E-state index is 11.7. The van der Waals surface area contributed by atoms with Gasteiger partial charge >= 0.3 is 0 Å². The number of rotatable bonds is 4. The molecule has 4 nitrogen and oxygen atoms in total. The molecular formula is C14H20N2O2. The summed E-state index contributed by atoms with van der Waals surface area (Å²) < 4.78 is 5.43. The van der Waals surface area contributed by atoms with Gasteiger partial charge in [-0.15, -0.1) is 0 Å². The Labute approximate surface area is 108 Å². The summed E-state index contributed by atoms with van der Waals surface area (Å²) in [6.07, 6.45) is 1.16. The summed E-state index contributed by atoms with van der Waals surface area (Å²) in [4.78, 5) is 11.7. The van der Waals surface area contributed by atoms with E-state index in [1.54, 1.807) is 0 Å². The van der Waals surface area contributed by atoms with Gasteiger partial charge in [-0.25, -0.2) is 0 Å². The fourth-order valence-electron chi connectivity index (χ4n) is 2.07. The SMILES string of the molecule is Cc1ccc(NC(=O)CNC2CCOC2C)cc1. The third-order valence-electron chi connectivity index (χ3n) is 3.24. The normalized spacial score (nSPS) is 23.0. The number of nitrogens with one attached hydrogen (secondary N) is 2. The smallest absolute Gasteiger partial charge is 0.238 e. The number of carbonyl (C=O) groups is 1. The van der Waals surface area contributed by atoms with E-state index in [2.05, 4.69) is 10.6 Å². The van der Waals surface area contributed by atoms with Crippen molar-refractivity contribution >= 4 is 11.6 Å². The fraction of sp³-hybridized carbons (Fsp3) is 0.500. The lowest BCUT2D eigenvalue weighted by atomic mass is 10.1. The van der Waals surface area contributed by atoms with Crippen LogP contribution in [0.5, 0.6) is 0 Å². The molecule has 0 saturated carbocycles. The molecule has 0 bridgehead atoms. The highest BCUT2D eigenvalue weighted by atomic mass is 16.5. The number of ether oxygens (including phenoxy) is 1. The van der Waals surface area contributed by atoms with Crippen molar-refractivity contribution in [3.05, 3.63) is 29.8 Å². The minimum atomic E-state index is -0.0158. The third-order valence-corrected chi connectivity index (χ3v) is 3.24. The average molecular weight is 248 g/mol. The van der Waals surface area contributed by atoms with E-state index in [0.717, 1.165) is 18.7 Å². The molecule has 1 amide bonds. The minimum absolute atomic E-state index is 0.0158. The molecule has 0 aromatic heterocycles. The van der Waals surface area contributed by atoms with Crippen molar-refractivity contribution in [2.45, 2.75) is 32.4 Å². The Bertz CT molecular complexity index is 403. The van der Waals surface area contributed by atoms with Gasteiger partial charge in [-0.05, 0) is 32.4 Å². The Morgan fingerprint density at radius 1 is 1.39 bits per heavy atom. The van der Waals surface area contributed by atoms with Crippen LogP contribution in [-0.4, -0.2) is 31.2 Å². The summed E-state index contributed by atoms with van der Waals surface area (Å²) in [5.41, 5.74) is 2.02. The van der Waals surface area contributed by atoms with Crippen LogP contribution in [0.25, 0.3) is 0 Å². The van der Waals surface area contributed by atoms with Crippen LogP contribution >= 0.6 is 0 Å². The second-order valence-corrected chi connectivity index (χ2v) is 4.77. The number of carbonyl (C=O) groups excluding carboxylic acids is 1. The zero-order valence-electron chi connectivity index (χ0n) is 10.9. The predicted octanol–water partition coefficient (Wildman–Crippen LogP) is 1.70. The molecular weight excluding hydrogens is 228 g/mol. The van der Waals surface area contributed by atoms with Crippen molar-refractivity contribution in [2.24, 2.45) is 0 Å². The lowest BCUT2D eigenvalue weighted by Gasteiger charge is -2.15. The van der Waals surface area contributed by atoms with Gasteiger partial charge in [-0.3, -0.25) is 4.79 Å². The van der Waals surface area contributed by atoms with Gasteiger partial charge < -0.3 is 15.4 Å². The standard InChI is InChI=1S/C14H20N2O2/c1-10-3-5-12(6-4-10)16-14(17)9-15-13-7-8-18-11(13)2/h3-6,11,13,15H,7-9H2,1-2H3,(H,16,17).